The smallest absolute Gasteiger partial charge is 0.259 e. The molecular weight excluding hydrogens is 432 g/mol. The molecule has 1 aromatic heterocycles. The maximum Gasteiger partial charge on any atom is 0.259 e. The molecule has 4 aliphatic carbocycles. The average Bonchev–Trinajstić information content (AvgIpc) is 2.81. The molecule has 1 saturated heterocycles. The largest absolute Gasteiger partial charge is 0.490 e. The fourth-order valence-electron chi connectivity index (χ4n) is 7.45. The third-order valence-corrected chi connectivity index (χ3v) is 8.58. The third kappa shape index (κ3) is 4.35. The van der Waals surface area contributed by atoms with Crippen LogP contribution in [0.5, 0.6) is 5.75 Å². The molecule has 0 spiro atoms. The summed E-state index contributed by atoms with van der Waals surface area (Å²) in [6.45, 7) is 4.64. The van der Waals surface area contributed by atoms with Crippen molar-refractivity contribution in [3.63, 3.8) is 0 Å². The van der Waals surface area contributed by atoms with E-state index < -0.39 is 5.60 Å². The molecule has 0 radical (unpaired) electrons. The fraction of sp³-hybridized carbons (Fsp3) is 0.778. The van der Waals surface area contributed by atoms with Gasteiger partial charge in [-0.2, -0.15) is 0 Å². The van der Waals surface area contributed by atoms with E-state index in [1.165, 1.54) is 32.1 Å². The standard InChI is InChI=1S/C27H40N2O5/c1-17(2)7-24-27(33-16-32-4,26(30)29(24)15-31-3)14-22-13-23(5-6-28-22)34-25-20-9-18-8-19(11-20)12-21(25)10-18/h5-6,13,17-21,24-25H,7-12,14-16H2,1-4H3. The zero-order chi connectivity index (χ0) is 23.9. The van der Waals surface area contributed by atoms with E-state index in [2.05, 4.69) is 18.8 Å². The van der Waals surface area contributed by atoms with E-state index in [0.717, 1.165) is 29.7 Å². The van der Waals surface area contributed by atoms with Crippen molar-refractivity contribution in [3.8, 4) is 5.75 Å². The number of carbonyl (C=O) groups is 1. The Kier molecular flexibility index (Phi) is 6.88. The number of aromatic nitrogens is 1. The first-order valence-electron chi connectivity index (χ1n) is 13.0. The molecule has 0 aromatic carbocycles. The number of β-lactam (4-membered cyclic amide) rings is 1. The molecule has 2 atom stereocenters. The minimum absolute atomic E-state index is 0.0606. The number of ether oxygens (including phenoxy) is 4. The predicted octanol–water partition coefficient (Wildman–Crippen LogP) is 4.05. The second-order valence-electron chi connectivity index (χ2n) is 11.5. The van der Waals surface area contributed by atoms with E-state index in [4.69, 9.17) is 18.9 Å². The van der Waals surface area contributed by atoms with Gasteiger partial charge in [0.25, 0.3) is 5.91 Å². The van der Waals surface area contributed by atoms with Gasteiger partial charge in [0, 0.05) is 38.6 Å². The van der Waals surface area contributed by atoms with E-state index in [1.54, 1.807) is 25.3 Å². The summed E-state index contributed by atoms with van der Waals surface area (Å²) in [4.78, 5) is 19.7. The molecule has 7 nitrogen and oxygen atoms in total. The summed E-state index contributed by atoms with van der Waals surface area (Å²) in [6.07, 6.45) is 10.1. The summed E-state index contributed by atoms with van der Waals surface area (Å²) in [7, 11) is 3.20. The third-order valence-electron chi connectivity index (χ3n) is 8.58. The minimum Gasteiger partial charge on any atom is -0.490 e. The maximum absolute atomic E-state index is 13.4. The predicted molar refractivity (Wildman–Crippen MR) is 127 cm³/mol. The Morgan fingerprint density at radius 1 is 1.09 bits per heavy atom. The topological polar surface area (TPSA) is 70.1 Å². The summed E-state index contributed by atoms with van der Waals surface area (Å²) in [6, 6.07) is 3.88. The van der Waals surface area contributed by atoms with Crippen LogP contribution in [0.15, 0.2) is 18.3 Å². The zero-order valence-electron chi connectivity index (χ0n) is 21.1. The number of amides is 1. The number of carbonyl (C=O) groups excluding carboxylic acids is 1. The van der Waals surface area contributed by atoms with Crippen LogP contribution in [0, 0.1) is 29.6 Å². The lowest BCUT2D eigenvalue weighted by atomic mass is 9.55. The van der Waals surface area contributed by atoms with Crippen LogP contribution in [0.25, 0.3) is 0 Å². The summed E-state index contributed by atoms with van der Waals surface area (Å²) in [5.74, 6) is 4.43. The summed E-state index contributed by atoms with van der Waals surface area (Å²) < 4.78 is 23.3. The van der Waals surface area contributed by atoms with Crippen LogP contribution in [-0.2, 0) is 25.4 Å². The molecule has 4 saturated carbocycles. The number of pyridine rings is 1. The normalized spacial score (nSPS) is 36.3. The van der Waals surface area contributed by atoms with Crippen LogP contribution in [-0.4, -0.2) is 61.3 Å². The van der Waals surface area contributed by atoms with Crippen LogP contribution < -0.4 is 4.74 Å². The van der Waals surface area contributed by atoms with Gasteiger partial charge in [0.1, 0.15) is 25.4 Å². The number of methoxy groups -OCH3 is 2. The summed E-state index contributed by atoms with van der Waals surface area (Å²) in [5.41, 5.74) is -0.177. The van der Waals surface area contributed by atoms with Crippen molar-refractivity contribution in [3.05, 3.63) is 24.0 Å². The monoisotopic (exact) mass is 472 g/mol. The highest BCUT2D eigenvalue weighted by atomic mass is 16.7. The number of likely N-dealkylation sites (tertiary alicyclic amines) is 1. The highest BCUT2D eigenvalue weighted by Crippen LogP contribution is 2.54. The van der Waals surface area contributed by atoms with Gasteiger partial charge in [-0.15, -0.1) is 0 Å². The molecule has 0 N–H and O–H groups in total. The van der Waals surface area contributed by atoms with Crippen molar-refractivity contribution in [2.75, 3.05) is 27.7 Å². The number of nitrogens with zero attached hydrogens (tertiary/aromatic N) is 2. The van der Waals surface area contributed by atoms with Crippen molar-refractivity contribution in [2.45, 2.75) is 76.5 Å². The van der Waals surface area contributed by atoms with Gasteiger partial charge in [0.05, 0.1) is 6.04 Å². The molecule has 2 heterocycles. The van der Waals surface area contributed by atoms with Gasteiger partial charge in [-0.05, 0) is 74.2 Å². The molecule has 1 amide bonds. The quantitative estimate of drug-likeness (QED) is 0.358. The van der Waals surface area contributed by atoms with Gasteiger partial charge in [0.15, 0.2) is 5.60 Å². The van der Waals surface area contributed by atoms with Crippen molar-refractivity contribution < 1.29 is 23.7 Å². The van der Waals surface area contributed by atoms with Crippen LogP contribution in [0.4, 0.5) is 0 Å². The summed E-state index contributed by atoms with van der Waals surface area (Å²) >= 11 is 0. The van der Waals surface area contributed by atoms with Crippen molar-refractivity contribution in [1.29, 1.82) is 0 Å². The Morgan fingerprint density at radius 2 is 1.79 bits per heavy atom. The highest BCUT2D eigenvalue weighted by molar-refractivity contribution is 5.93. The lowest BCUT2D eigenvalue weighted by molar-refractivity contribution is -0.235. The number of rotatable bonds is 11. The maximum atomic E-state index is 13.4. The van der Waals surface area contributed by atoms with Crippen LogP contribution in [0.3, 0.4) is 0 Å². The molecule has 7 heteroatoms. The van der Waals surface area contributed by atoms with Crippen LogP contribution in [0.2, 0.25) is 0 Å². The first-order valence-corrected chi connectivity index (χ1v) is 13.0. The van der Waals surface area contributed by atoms with Gasteiger partial charge in [-0.1, -0.05) is 13.8 Å². The SMILES string of the molecule is COCOC1(Cc2cc(OC3C4CC5CC(C4)CC3C5)ccn2)C(=O)N(COC)C1CC(C)C. The van der Waals surface area contributed by atoms with Gasteiger partial charge < -0.3 is 23.8 Å². The first-order chi connectivity index (χ1) is 16.4. The van der Waals surface area contributed by atoms with E-state index in [1.807, 2.05) is 12.1 Å². The molecule has 1 aromatic rings. The molecule has 34 heavy (non-hydrogen) atoms. The first kappa shape index (κ1) is 24.0. The number of hydrogen-bond donors (Lipinski definition) is 0. The Bertz CT molecular complexity index is 848. The van der Waals surface area contributed by atoms with Gasteiger partial charge in [-0.3, -0.25) is 9.78 Å². The van der Waals surface area contributed by atoms with Gasteiger partial charge in [-0.25, -0.2) is 0 Å². The molecule has 5 aliphatic rings. The fourth-order valence-corrected chi connectivity index (χ4v) is 7.45. The van der Waals surface area contributed by atoms with Crippen molar-refractivity contribution in [1.82, 2.24) is 9.88 Å². The van der Waals surface area contributed by atoms with E-state index >= 15 is 0 Å². The average molecular weight is 473 g/mol. The van der Waals surface area contributed by atoms with Crippen molar-refractivity contribution in [2.24, 2.45) is 29.6 Å². The molecule has 1 aliphatic heterocycles. The summed E-state index contributed by atoms with van der Waals surface area (Å²) in [5, 5.41) is 0. The highest BCUT2D eigenvalue weighted by Gasteiger charge is 2.62. The van der Waals surface area contributed by atoms with E-state index in [-0.39, 0.29) is 25.5 Å². The second-order valence-corrected chi connectivity index (χ2v) is 11.5. The Balaban J connectivity index is 1.34. The Labute approximate surface area is 203 Å². The molecule has 4 bridgehead atoms. The Morgan fingerprint density at radius 3 is 2.41 bits per heavy atom. The van der Waals surface area contributed by atoms with Crippen LogP contribution >= 0.6 is 0 Å². The number of hydrogen-bond acceptors (Lipinski definition) is 6. The zero-order valence-corrected chi connectivity index (χ0v) is 21.1. The lowest BCUT2D eigenvalue weighted by Gasteiger charge is -2.55. The lowest BCUT2D eigenvalue weighted by Crippen LogP contribution is -2.76. The molecule has 6 rings (SSSR count). The Hall–Kier alpha value is -1.70. The minimum atomic E-state index is -0.993. The molecule has 188 valence electrons. The van der Waals surface area contributed by atoms with Crippen LogP contribution in [0.1, 0.15) is 58.1 Å². The van der Waals surface area contributed by atoms with Gasteiger partial charge >= 0.3 is 0 Å². The van der Waals surface area contributed by atoms with E-state index in [0.29, 0.717) is 30.3 Å². The molecular formula is C27H40N2O5. The molecule has 5 fully saturated rings. The second kappa shape index (κ2) is 9.75. The van der Waals surface area contributed by atoms with Gasteiger partial charge in [0.2, 0.25) is 0 Å². The molecule has 2 unspecified atom stereocenters. The van der Waals surface area contributed by atoms with Crippen molar-refractivity contribution >= 4 is 5.91 Å². The van der Waals surface area contributed by atoms with E-state index in [9.17, 15) is 4.79 Å².